The zero-order valence-corrected chi connectivity index (χ0v) is 15.0. The zero-order valence-electron chi connectivity index (χ0n) is 13.4. The molecule has 0 bridgehead atoms. The maximum Gasteiger partial charge on any atom is 0.119 e. The van der Waals surface area contributed by atoms with Crippen molar-refractivity contribution >= 4 is 15.9 Å². The van der Waals surface area contributed by atoms with Crippen LogP contribution in [-0.4, -0.2) is 19.6 Å². The van der Waals surface area contributed by atoms with Crippen molar-refractivity contribution in [2.75, 3.05) is 19.6 Å². The summed E-state index contributed by atoms with van der Waals surface area (Å²) in [6.45, 7) is 4.68. The Balaban J connectivity index is 1.48. The van der Waals surface area contributed by atoms with Crippen LogP contribution in [0.1, 0.15) is 16.7 Å². The fraction of sp³-hybridized carbons (Fsp3) is 0.316. The van der Waals surface area contributed by atoms with Gasteiger partial charge in [0, 0.05) is 36.2 Å². The van der Waals surface area contributed by atoms with E-state index in [2.05, 4.69) is 44.8 Å². The number of nitrogens with zero attached hydrogens (tertiary/aromatic N) is 1. The van der Waals surface area contributed by atoms with Crippen LogP contribution in [0.5, 0.6) is 5.75 Å². The Morgan fingerprint density at radius 2 is 2.00 bits per heavy atom. The summed E-state index contributed by atoms with van der Waals surface area (Å²) in [6.07, 6.45) is 0. The van der Waals surface area contributed by atoms with E-state index in [0.717, 1.165) is 47.9 Å². The number of rotatable bonds is 7. The van der Waals surface area contributed by atoms with Gasteiger partial charge in [-0.1, -0.05) is 34.1 Å². The molecule has 2 aromatic carbocycles. The highest BCUT2D eigenvalue weighted by molar-refractivity contribution is 9.10. The minimum atomic E-state index is 0.471. The maximum absolute atomic E-state index is 8.89. The van der Waals surface area contributed by atoms with E-state index in [4.69, 9.17) is 10.00 Å². The van der Waals surface area contributed by atoms with Gasteiger partial charge < -0.3 is 15.4 Å². The molecule has 0 saturated carbocycles. The molecule has 5 heteroatoms. The van der Waals surface area contributed by atoms with Gasteiger partial charge in [-0.3, -0.25) is 0 Å². The Hall–Kier alpha value is -1.87. The number of ether oxygens (including phenoxy) is 1. The van der Waals surface area contributed by atoms with Gasteiger partial charge >= 0.3 is 0 Å². The third-order valence-electron chi connectivity index (χ3n) is 4.13. The first-order chi connectivity index (χ1) is 11.7. The van der Waals surface area contributed by atoms with Crippen molar-refractivity contribution in [2.45, 2.75) is 13.2 Å². The van der Waals surface area contributed by atoms with E-state index in [1.54, 1.807) is 6.07 Å². The highest BCUT2D eigenvalue weighted by Gasteiger charge is 2.15. The van der Waals surface area contributed by atoms with Crippen LogP contribution in [0.25, 0.3) is 0 Å². The molecule has 4 nitrogen and oxygen atoms in total. The fourth-order valence-electron chi connectivity index (χ4n) is 2.51. The highest BCUT2D eigenvalue weighted by Crippen LogP contribution is 2.21. The summed E-state index contributed by atoms with van der Waals surface area (Å²) in [4.78, 5) is 0. The zero-order chi connectivity index (χ0) is 16.8. The van der Waals surface area contributed by atoms with Crippen molar-refractivity contribution in [1.82, 2.24) is 10.6 Å². The maximum atomic E-state index is 8.89. The first-order valence-corrected chi connectivity index (χ1v) is 8.85. The number of halogens is 1. The largest absolute Gasteiger partial charge is 0.489 e. The fourth-order valence-corrected chi connectivity index (χ4v) is 3.01. The Morgan fingerprint density at radius 3 is 2.62 bits per heavy atom. The lowest BCUT2D eigenvalue weighted by molar-refractivity contribution is 0.305. The van der Waals surface area contributed by atoms with Crippen LogP contribution < -0.4 is 15.4 Å². The molecule has 1 aliphatic rings. The number of nitrogens with one attached hydrogen (secondary N) is 2. The second-order valence-electron chi connectivity index (χ2n) is 6.01. The average Bonchev–Trinajstić information content (AvgIpc) is 2.57. The minimum absolute atomic E-state index is 0.471. The second kappa shape index (κ2) is 8.29. The van der Waals surface area contributed by atoms with Crippen molar-refractivity contribution in [1.29, 1.82) is 5.26 Å². The summed E-state index contributed by atoms with van der Waals surface area (Å²) in [5, 5.41) is 15.7. The summed E-state index contributed by atoms with van der Waals surface area (Å²) in [6, 6.07) is 15.8. The molecule has 3 rings (SSSR count). The third-order valence-corrected chi connectivity index (χ3v) is 4.87. The quantitative estimate of drug-likeness (QED) is 0.768. The van der Waals surface area contributed by atoms with E-state index in [9.17, 15) is 0 Å². The van der Waals surface area contributed by atoms with Gasteiger partial charge in [0.05, 0.1) is 11.6 Å². The molecule has 1 heterocycles. The van der Waals surface area contributed by atoms with Gasteiger partial charge in [0.1, 0.15) is 12.4 Å². The molecule has 1 saturated heterocycles. The molecular formula is C19H20BrN3O. The molecule has 0 aromatic heterocycles. The summed E-state index contributed by atoms with van der Waals surface area (Å²) < 4.78 is 6.73. The van der Waals surface area contributed by atoms with E-state index in [1.807, 2.05) is 24.3 Å². The lowest BCUT2D eigenvalue weighted by Gasteiger charge is -2.27. The topological polar surface area (TPSA) is 57.1 Å². The van der Waals surface area contributed by atoms with Crippen molar-refractivity contribution in [3.05, 3.63) is 63.6 Å². The van der Waals surface area contributed by atoms with Gasteiger partial charge in [-0.05, 0) is 35.7 Å². The lowest BCUT2D eigenvalue weighted by Crippen LogP contribution is -2.47. The van der Waals surface area contributed by atoms with Crippen molar-refractivity contribution in [2.24, 2.45) is 5.92 Å². The predicted molar refractivity (Wildman–Crippen MR) is 97.7 cm³/mol. The van der Waals surface area contributed by atoms with Crippen LogP contribution in [0.15, 0.2) is 46.9 Å². The number of nitriles is 1. The molecule has 0 unspecified atom stereocenters. The van der Waals surface area contributed by atoms with E-state index in [1.165, 1.54) is 5.56 Å². The Labute approximate surface area is 151 Å². The van der Waals surface area contributed by atoms with Crippen LogP contribution in [0.3, 0.4) is 0 Å². The van der Waals surface area contributed by atoms with Crippen LogP contribution in [0.4, 0.5) is 0 Å². The SMILES string of the molecule is N#Cc1ccc(COc2ccc(CNCC3CNC3)cc2)c(Br)c1. The normalized spacial score (nSPS) is 14.0. The molecule has 1 aliphatic heterocycles. The third kappa shape index (κ3) is 4.57. The van der Waals surface area contributed by atoms with Gasteiger partial charge in [0.2, 0.25) is 0 Å². The molecule has 0 aliphatic carbocycles. The van der Waals surface area contributed by atoms with Gasteiger partial charge in [-0.2, -0.15) is 5.26 Å². The summed E-state index contributed by atoms with van der Waals surface area (Å²) >= 11 is 3.48. The average molecular weight is 386 g/mol. The number of benzene rings is 2. The molecule has 1 fully saturated rings. The minimum Gasteiger partial charge on any atom is -0.489 e. The van der Waals surface area contributed by atoms with Gasteiger partial charge in [0.25, 0.3) is 0 Å². The van der Waals surface area contributed by atoms with E-state index in [-0.39, 0.29) is 0 Å². The van der Waals surface area contributed by atoms with Gasteiger partial charge in [-0.25, -0.2) is 0 Å². The lowest BCUT2D eigenvalue weighted by atomic mass is 10.0. The summed E-state index contributed by atoms with van der Waals surface area (Å²) in [5.41, 5.74) is 2.92. The monoisotopic (exact) mass is 385 g/mol. The van der Waals surface area contributed by atoms with E-state index < -0.39 is 0 Å². The highest BCUT2D eigenvalue weighted by atomic mass is 79.9. The molecule has 0 amide bonds. The standard InChI is InChI=1S/C19H20BrN3O/c20-19-7-15(8-21)1-4-17(19)13-24-18-5-2-14(3-6-18)9-22-10-16-11-23-12-16/h1-7,16,22-23H,9-13H2. The molecule has 124 valence electrons. The van der Waals surface area contributed by atoms with Crippen LogP contribution in [0, 0.1) is 17.2 Å². The number of hydrogen-bond donors (Lipinski definition) is 2. The van der Waals surface area contributed by atoms with Crippen LogP contribution >= 0.6 is 15.9 Å². The Bertz CT molecular complexity index is 720. The number of hydrogen-bond acceptors (Lipinski definition) is 4. The van der Waals surface area contributed by atoms with Gasteiger partial charge in [-0.15, -0.1) is 0 Å². The summed E-state index contributed by atoms with van der Waals surface area (Å²) in [5.74, 6) is 1.62. The second-order valence-corrected chi connectivity index (χ2v) is 6.86. The van der Waals surface area contributed by atoms with E-state index in [0.29, 0.717) is 12.2 Å². The van der Waals surface area contributed by atoms with Crippen molar-refractivity contribution < 1.29 is 4.74 Å². The predicted octanol–water partition coefficient (Wildman–Crippen LogP) is 3.21. The van der Waals surface area contributed by atoms with E-state index >= 15 is 0 Å². The summed E-state index contributed by atoms with van der Waals surface area (Å²) in [7, 11) is 0. The Kier molecular flexibility index (Phi) is 5.86. The van der Waals surface area contributed by atoms with Crippen LogP contribution in [-0.2, 0) is 13.2 Å². The molecule has 24 heavy (non-hydrogen) atoms. The molecule has 2 aromatic rings. The first kappa shape index (κ1) is 17.0. The molecule has 2 N–H and O–H groups in total. The molecule has 0 atom stereocenters. The molecule has 0 radical (unpaired) electrons. The smallest absolute Gasteiger partial charge is 0.119 e. The van der Waals surface area contributed by atoms with Crippen molar-refractivity contribution in [3.63, 3.8) is 0 Å². The first-order valence-electron chi connectivity index (χ1n) is 8.06. The van der Waals surface area contributed by atoms with Crippen molar-refractivity contribution in [3.8, 4) is 11.8 Å². The molecule has 0 spiro atoms. The van der Waals surface area contributed by atoms with Gasteiger partial charge in [0.15, 0.2) is 0 Å². The molecular weight excluding hydrogens is 366 g/mol. The Morgan fingerprint density at radius 1 is 1.21 bits per heavy atom. The van der Waals surface area contributed by atoms with Crippen LogP contribution in [0.2, 0.25) is 0 Å².